The zero-order valence-electron chi connectivity index (χ0n) is 13.2. The fourth-order valence-electron chi connectivity index (χ4n) is 2.98. The summed E-state index contributed by atoms with van der Waals surface area (Å²) in [5.74, 6) is 2.53. The predicted octanol–water partition coefficient (Wildman–Crippen LogP) is 3.38. The van der Waals surface area contributed by atoms with Crippen LogP contribution in [0.3, 0.4) is 0 Å². The van der Waals surface area contributed by atoms with Gasteiger partial charge in [-0.3, -0.25) is 4.90 Å². The predicted molar refractivity (Wildman–Crippen MR) is 80.9 cm³/mol. The molecule has 1 heterocycles. The normalized spacial score (nSPS) is 23.2. The molecule has 108 valence electrons. The lowest BCUT2D eigenvalue weighted by molar-refractivity contribution is 0.207. The molecule has 18 heavy (non-hydrogen) atoms. The fraction of sp³-hybridized carbons (Fsp3) is 1.00. The number of likely N-dealkylation sites (tertiary alicyclic amines) is 1. The highest BCUT2D eigenvalue weighted by Crippen LogP contribution is 2.26. The first-order chi connectivity index (χ1) is 8.54. The third kappa shape index (κ3) is 5.27. The average Bonchev–Trinajstić information content (AvgIpc) is 2.76. The molecule has 1 saturated heterocycles. The summed E-state index contributed by atoms with van der Waals surface area (Å²) >= 11 is 0. The maximum Gasteiger partial charge on any atom is 0.0220 e. The van der Waals surface area contributed by atoms with Crippen LogP contribution in [0.2, 0.25) is 0 Å². The van der Waals surface area contributed by atoms with Gasteiger partial charge in [0.25, 0.3) is 0 Å². The van der Waals surface area contributed by atoms with Crippen molar-refractivity contribution in [1.82, 2.24) is 10.2 Å². The molecule has 2 nitrogen and oxygen atoms in total. The molecule has 1 fully saturated rings. The third-order valence-corrected chi connectivity index (χ3v) is 4.27. The van der Waals surface area contributed by atoms with Crippen LogP contribution in [0.15, 0.2) is 0 Å². The van der Waals surface area contributed by atoms with Crippen molar-refractivity contribution in [2.24, 2.45) is 17.8 Å². The number of hydrogen-bond acceptors (Lipinski definition) is 2. The van der Waals surface area contributed by atoms with Gasteiger partial charge >= 0.3 is 0 Å². The minimum Gasteiger partial charge on any atom is -0.315 e. The Bertz CT molecular complexity index is 213. The SMILES string of the molecule is CCCC(CNCC(C)C)N1CCC(C(C)C)C1. The van der Waals surface area contributed by atoms with Gasteiger partial charge in [-0.05, 0) is 43.7 Å². The molecule has 0 aromatic rings. The van der Waals surface area contributed by atoms with E-state index in [0.717, 1.165) is 30.3 Å². The first-order valence-electron chi connectivity index (χ1n) is 7.99. The highest BCUT2D eigenvalue weighted by Gasteiger charge is 2.29. The summed E-state index contributed by atoms with van der Waals surface area (Å²) in [6.07, 6.45) is 4.05. The summed E-state index contributed by atoms with van der Waals surface area (Å²) in [4.78, 5) is 2.74. The number of hydrogen-bond donors (Lipinski definition) is 1. The van der Waals surface area contributed by atoms with Crippen molar-refractivity contribution in [2.45, 2.75) is 59.9 Å². The van der Waals surface area contributed by atoms with Crippen molar-refractivity contribution < 1.29 is 0 Å². The van der Waals surface area contributed by atoms with Crippen molar-refractivity contribution >= 4 is 0 Å². The van der Waals surface area contributed by atoms with Crippen molar-refractivity contribution in [2.75, 3.05) is 26.2 Å². The summed E-state index contributed by atoms with van der Waals surface area (Å²) in [6.45, 7) is 16.6. The first kappa shape index (κ1) is 16.0. The second-order valence-corrected chi connectivity index (χ2v) is 6.78. The highest BCUT2D eigenvalue weighted by atomic mass is 15.2. The van der Waals surface area contributed by atoms with Crippen molar-refractivity contribution in [3.8, 4) is 0 Å². The zero-order chi connectivity index (χ0) is 13.5. The standard InChI is InChI=1S/C16H34N2/c1-6-7-16(11-17-10-13(2)3)18-9-8-15(12-18)14(4)5/h13-17H,6-12H2,1-5H3. The van der Waals surface area contributed by atoms with Crippen LogP contribution in [-0.2, 0) is 0 Å². The lowest BCUT2D eigenvalue weighted by Crippen LogP contribution is -2.42. The summed E-state index contributed by atoms with van der Waals surface area (Å²) < 4.78 is 0. The van der Waals surface area contributed by atoms with Crippen LogP contribution in [0.4, 0.5) is 0 Å². The second-order valence-electron chi connectivity index (χ2n) is 6.78. The second kappa shape index (κ2) is 8.16. The Morgan fingerprint density at radius 2 is 1.89 bits per heavy atom. The Labute approximate surface area is 115 Å². The van der Waals surface area contributed by atoms with Gasteiger partial charge in [-0.25, -0.2) is 0 Å². The topological polar surface area (TPSA) is 15.3 Å². The molecular formula is C16H34N2. The van der Waals surface area contributed by atoms with Gasteiger partial charge in [0.15, 0.2) is 0 Å². The van der Waals surface area contributed by atoms with E-state index in [4.69, 9.17) is 0 Å². The van der Waals surface area contributed by atoms with E-state index in [9.17, 15) is 0 Å². The summed E-state index contributed by atoms with van der Waals surface area (Å²) in [7, 11) is 0. The van der Waals surface area contributed by atoms with E-state index in [0.29, 0.717) is 0 Å². The third-order valence-electron chi connectivity index (χ3n) is 4.27. The lowest BCUT2D eigenvalue weighted by Gasteiger charge is -2.29. The number of nitrogens with zero attached hydrogens (tertiary/aromatic N) is 1. The summed E-state index contributed by atoms with van der Waals surface area (Å²) in [6, 6.07) is 0.762. The zero-order valence-corrected chi connectivity index (χ0v) is 13.2. The Morgan fingerprint density at radius 3 is 2.39 bits per heavy atom. The van der Waals surface area contributed by atoms with Crippen LogP contribution < -0.4 is 5.32 Å². The molecule has 1 aliphatic heterocycles. The Balaban J connectivity index is 2.37. The molecule has 1 N–H and O–H groups in total. The molecule has 2 unspecified atom stereocenters. The molecule has 1 rings (SSSR count). The quantitative estimate of drug-likeness (QED) is 0.714. The largest absolute Gasteiger partial charge is 0.315 e. The molecule has 2 atom stereocenters. The summed E-state index contributed by atoms with van der Waals surface area (Å²) in [5.41, 5.74) is 0. The van der Waals surface area contributed by atoms with Gasteiger partial charge in [0.2, 0.25) is 0 Å². The fourth-order valence-corrected chi connectivity index (χ4v) is 2.98. The van der Waals surface area contributed by atoms with Gasteiger partial charge in [-0.2, -0.15) is 0 Å². The van der Waals surface area contributed by atoms with E-state index >= 15 is 0 Å². The van der Waals surface area contributed by atoms with E-state index in [2.05, 4.69) is 44.8 Å². The van der Waals surface area contributed by atoms with Gasteiger partial charge in [-0.15, -0.1) is 0 Å². The Hall–Kier alpha value is -0.0800. The van der Waals surface area contributed by atoms with Gasteiger partial charge < -0.3 is 5.32 Å². The van der Waals surface area contributed by atoms with Crippen molar-refractivity contribution in [1.29, 1.82) is 0 Å². The van der Waals surface area contributed by atoms with E-state index in [-0.39, 0.29) is 0 Å². The maximum atomic E-state index is 3.65. The van der Waals surface area contributed by atoms with Gasteiger partial charge in [-0.1, -0.05) is 41.0 Å². The average molecular weight is 254 g/mol. The van der Waals surface area contributed by atoms with E-state index in [1.807, 2.05) is 0 Å². The molecule has 0 amide bonds. The monoisotopic (exact) mass is 254 g/mol. The Morgan fingerprint density at radius 1 is 1.17 bits per heavy atom. The molecular weight excluding hydrogens is 220 g/mol. The van der Waals surface area contributed by atoms with Gasteiger partial charge in [0.05, 0.1) is 0 Å². The lowest BCUT2D eigenvalue weighted by atomic mass is 9.95. The van der Waals surface area contributed by atoms with E-state index in [1.165, 1.54) is 38.9 Å². The molecule has 2 heteroatoms. The first-order valence-corrected chi connectivity index (χ1v) is 7.99. The van der Waals surface area contributed by atoms with Crippen molar-refractivity contribution in [3.05, 3.63) is 0 Å². The maximum absolute atomic E-state index is 3.65. The van der Waals surface area contributed by atoms with Crippen LogP contribution in [0.5, 0.6) is 0 Å². The van der Waals surface area contributed by atoms with Crippen LogP contribution in [0.1, 0.15) is 53.9 Å². The van der Waals surface area contributed by atoms with E-state index < -0.39 is 0 Å². The molecule has 0 aromatic heterocycles. The molecule has 0 saturated carbocycles. The minimum absolute atomic E-state index is 0.759. The molecule has 0 bridgehead atoms. The van der Waals surface area contributed by atoms with Gasteiger partial charge in [0, 0.05) is 19.1 Å². The highest BCUT2D eigenvalue weighted by molar-refractivity contribution is 4.83. The smallest absolute Gasteiger partial charge is 0.0220 e. The molecule has 0 spiro atoms. The van der Waals surface area contributed by atoms with Crippen molar-refractivity contribution in [3.63, 3.8) is 0 Å². The molecule has 0 aromatic carbocycles. The van der Waals surface area contributed by atoms with E-state index in [1.54, 1.807) is 0 Å². The number of rotatable bonds is 8. The van der Waals surface area contributed by atoms with Gasteiger partial charge in [0.1, 0.15) is 0 Å². The van der Waals surface area contributed by atoms with Crippen LogP contribution in [0, 0.1) is 17.8 Å². The molecule has 0 radical (unpaired) electrons. The summed E-state index contributed by atoms with van der Waals surface area (Å²) in [5, 5.41) is 3.65. The minimum atomic E-state index is 0.759. The molecule has 1 aliphatic rings. The molecule has 0 aliphatic carbocycles. The van der Waals surface area contributed by atoms with Crippen LogP contribution in [0.25, 0.3) is 0 Å². The number of nitrogens with one attached hydrogen (secondary N) is 1. The Kier molecular flexibility index (Phi) is 7.25. The van der Waals surface area contributed by atoms with Crippen LogP contribution in [-0.4, -0.2) is 37.1 Å². The van der Waals surface area contributed by atoms with Crippen LogP contribution >= 0.6 is 0 Å².